The lowest BCUT2D eigenvalue weighted by Crippen LogP contribution is -2.36. The lowest BCUT2D eigenvalue weighted by Gasteiger charge is -2.44. The zero-order valence-corrected chi connectivity index (χ0v) is 24.3. The van der Waals surface area contributed by atoms with Crippen molar-refractivity contribution < 1.29 is 4.57 Å². The third-order valence-corrected chi connectivity index (χ3v) is 9.04. The van der Waals surface area contributed by atoms with E-state index in [0.29, 0.717) is 0 Å². The van der Waals surface area contributed by atoms with Gasteiger partial charge >= 0.3 is 0 Å². The largest absolute Gasteiger partial charge is 0.212 e. The first-order chi connectivity index (χ1) is 18.6. The van der Waals surface area contributed by atoms with Crippen molar-refractivity contribution in [3.8, 4) is 33.5 Å². The molecule has 194 valence electrons. The van der Waals surface area contributed by atoms with Crippen molar-refractivity contribution >= 4 is 0 Å². The summed E-state index contributed by atoms with van der Waals surface area (Å²) in [6.45, 7) is 14.0. The summed E-state index contributed by atoms with van der Waals surface area (Å²) in [6, 6.07) is 35.9. The number of pyridine rings is 1. The molecule has 0 fully saturated rings. The summed E-state index contributed by atoms with van der Waals surface area (Å²) in [5.74, 6) is 0. The molecule has 0 radical (unpaired) electrons. The van der Waals surface area contributed by atoms with Gasteiger partial charge in [0.15, 0.2) is 6.20 Å². The minimum absolute atomic E-state index is 0.0208. The Morgan fingerprint density at radius 3 is 1.72 bits per heavy atom. The molecule has 1 heterocycles. The Morgan fingerprint density at radius 1 is 0.487 bits per heavy atom. The molecule has 0 saturated heterocycles. The summed E-state index contributed by atoms with van der Waals surface area (Å²) in [6.07, 6.45) is 2.31. The Bertz CT molecular complexity index is 1720. The molecule has 0 aliphatic heterocycles. The van der Waals surface area contributed by atoms with Crippen molar-refractivity contribution in [1.82, 2.24) is 0 Å². The van der Waals surface area contributed by atoms with Crippen LogP contribution in [-0.2, 0) is 17.9 Å². The van der Waals surface area contributed by atoms with Gasteiger partial charge in [-0.3, -0.25) is 0 Å². The predicted molar refractivity (Wildman–Crippen MR) is 164 cm³/mol. The summed E-state index contributed by atoms with van der Waals surface area (Å²) >= 11 is 0. The van der Waals surface area contributed by atoms with Crippen LogP contribution >= 0.6 is 0 Å². The lowest BCUT2D eigenvalue weighted by molar-refractivity contribution is -0.660. The number of benzene rings is 4. The maximum Gasteiger partial charge on any atom is 0.212 e. The maximum absolute atomic E-state index is 2.45. The maximum atomic E-state index is 2.45. The highest BCUT2D eigenvalue weighted by molar-refractivity contribution is 5.74. The van der Waals surface area contributed by atoms with E-state index in [4.69, 9.17) is 0 Å². The van der Waals surface area contributed by atoms with Crippen LogP contribution in [0.15, 0.2) is 103 Å². The number of hydrogen-bond acceptors (Lipinski definition) is 0. The number of aryl methyl sites for hydroxylation is 3. The zero-order valence-electron chi connectivity index (χ0n) is 24.3. The van der Waals surface area contributed by atoms with E-state index < -0.39 is 0 Å². The van der Waals surface area contributed by atoms with Crippen molar-refractivity contribution in [3.63, 3.8) is 0 Å². The Morgan fingerprint density at radius 2 is 1.05 bits per heavy atom. The Labute approximate surface area is 233 Å². The zero-order chi connectivity index (χ0) is 27.5. The van der Waals surface area contributed by atoms with Crippen LogP contribution in [0.2, 0.25) is 0 Å². The van der Waals surface area contributed by atoms with Crippen LogP contribution < -0.4 is 4.57 Å². The average molecular weight is 509 g/mol. The fourth-order valence-corrected chi connectivity index (χ4v) is 6.72. The molecule has 1 nitrogen and oxygen atoms in total. The van der Waals surface area contributed by atoms with Gasteiger partial charge < -0.3 is 0 Å². The first-order valence-corrected chi connectivity index (χ1v) is 14.0. The quantitative estimate of drug-likeness (QED) is 0.214. The van der Waals surface area contributed by atoms with E-state index in [-0.39, 0.29) is 10.8 Å². The first kappa shape index (κ1) is 25.3. The molecule has 5 aromatic rings. The van der Waals surface area contributed by atoms with Crippen LogP contribution in [0.3, 0.4) is 0 Å². The molecule has 0 unspecified atom stereocenters. The van der Waals surface area contributed by atoms with Crippen molar-refractivity contribution in [2.75, 3.05) is 0 Å². The average Bonchev–Trinajstić information content (AvgIpc) is 2.94. The second-order valence-corrected chi connectivity index (χ2v) is 12.3. The first-order valence-electron chi connectivity index (χ1n) is 14.0. The second kappa shape index (κ2) is 9.06. The summed E-state index contributed by atoms with van der Waals surface area (Å²) in [4.78, 5) is 0. The summed E-state index contributed by atoms with van der Waals surface area (Å²) < 4.78 is 2.29. The molecule has 39 heavy (non-hydrogen) atoms. The van der Waals surface area contributed by atoms with Crippen molar-refractivity contribution in [3.05, 3.63) is 137 Å². The molecule has 0 bridgehead atoms. The molecule has 1 heteroatoms. The lowest BCUT2D eigenvalue weighted by atomic mass is 9.60. The standard InChI is InChI=1S/C38H38N/c1-25-21-28(27-13-9-8-10-14-27)17-19-30(25)36-22-26(2)31(24-39(36)7)29-18-20-34-35(23-29)38(5,6)33-16-12-11-15-32(33)37(34,3)4/h8-24H,1-7H3/q+1. The Kier molecular flexibility index (Phi) is 5.88. The minimum atomic E-state index is -0.0505. The third kappa shape index (κ3) is 4.03. The highest BCUT2D eigenvalue weighted by Gasteiger charge is 2.41. The molecule has 1 aromatic heterocycles. The second-order valence-electron chi connectivity index (χ2n) is 12.3. The van der Waals surface area contributed by atoms with Crippen molar-refractivity contribution in [2.24, 2.45) is 7.05 Å². The molecule has 4 aromatic carbocycles. The van der Waals surface area contributed by atoms with Gasteiger partial charge in [0.25, 0.3) is 0 Å². The van der Waals surface area contributed by atoms with Gasteiger partial charge in [-0.2, -0.15) is 0 Å². The molecular weight excluding hydrogens is 470 g/mol. The van der Waals surface area contributed by atoms with Gasteiger partial charge in [-0.05, 0) is 76.1 Å². The molecule has 1 aliphatic carbocycles. The third-order valence-electron chi connectivity index (χ3n) is 9.04. The highest BCUT2D eigenvalue weighted by Crippen LogP contribution is 2.50. The van der Waals surface area contributed by atoms with Crippen LogP contribution in [-0.4, -0.2) is 0 Å². The molecule has 0 amide bonds. The van der Waals surface area contributed by atoms with E-state index in [1.165, 1.54) is 66.9 Å². The van der Waals surface area contributed by atoms with Crippen molar-refractivity contribution in [1.29, 1.82) is 0 Å². The van der Waals surface area contributed by atoms with Gasteiger partial charge in [0.1, 0.15) is 7.05 Å². The van der Waals surface area contributed by atoms with E-state index >= 15 is 0 Å². The molecule has 0 spiro atoms. The number of fused-ring (bicyclic) bond motifs is 2. The molecule has 6 rings (SSSR count). The highest BCUT2D eigenvalue weighted by atomic mass is 14.9. The van der Waals surface area contributed by atoms with E-state index in [9.17, 15) is 0 Å². The SMILES string of the molecule is Cc1cc(-c2ccc(-c3ccccc3)cc2C)[n+](C)cc1-c1ccc2c(c1)C(C)(C)c1ccccc1C2(C)C. The number of nitrogens with zero attached hydrogens (tertiary/aromatic N) is 1. The molecule has 0 N–H and O–H groups in total. The number of hydrogen-bond donors (Lipinski definition) is 0. The number of aromatic nitrogens is 1. The summed E-state index contributed by atoms with van der Waals surface area (Å²) in [7, 11) is 2.17. The van der Waals surface area contributed by atoms with E-state index in [1.54, 1.807) is 0 Å². The van der Waals surface area contributed by atoms with Gasteiger partial charge in [-0.1, -0.05) is 107 Å². The van der Waals surface area contributed by atoms with Crippen LogP contribution in [0.25, 0.3) is 33.5 Å². The fraction of sp³-hybridized carbons (Fsp3) is 0.237. The van der Waals surface area contributed by atoms with Gasteiger partial charge in [-0.25, -0.2) is 4.57 Å². The van der Waals surface area contributed by atoms with Crippen LogP contribution in [0.5, 0.6) is 0 Å². The topological polar surface area (TPSA) is 3.88 Å². The normalized spacial score (nSPS) is 14.9. The van der Waals surface area contributed by atoms with Crippen LogP contribution in [0.4, 0.5) is 0 Å². The van der Waals surface area contributed by atoms with Gasteiger partial charge in [-0.15, -0.1) is 0 Å². The van der Waals surface area contributed by atoms with Crippen LogP contribution in [0.1, 0.15) is 61.1 Å². The van der Waals surface area contributed by atoms with E-state index in [1.807, 2.05) is 0 Å². The van der Waals surface area contributed by atoms with Gasteiger partial charge in [0, 0.05) is 28.0 Å². The van der Waals surface area contributed by atoms with Crippen LogP contribution in [0, 0.1) is 13.8 Å². The Balaban J connectivity index is 1.42. The van der Waals surface area contributed by atoms with Gasteiger partial charge in [0.05, 0.1) is 0 Å². The molecular formula is C38H38N+. The molecule has 1 aliphatic rings. The summed E-state index contributed by atoms with van der Waals surface area (Å²) in [5.41, 5.74) is 15.9. The fourth-order valence-electron chi connectivity index (χ4n) is 6.72. The van der Waals surface area contributed by atoms with E-state index in [2.05, 4.69) is 156 Å². The number of rotatable bonds is 3. The smallest absolute Gasteiger partial charge is 0.200 e. The van der Waals surface area contributed by atoms with Crippen molar-refractivity contribution in [2.45, 2.75) is 52.4 Å². The van der Waals surface area contributed by atoms with E-state index in [0.717, 1.165) is 0 Å². The Hall–Kier alpha value is -3.97. The summed E-state index contributed by atoms with van der Waals surface area (Å²) in [5, 5.41) is 0. The predicted octanol–water partition coefficient (Wildman–Crippen LogP) is 9.09. The monoisotopic (exact) mass is 508 g/mol. The molecule has 0 atom stereocenters. The minimum Gasteiger partial charge on any atom is -0.200 e. The van der Waals surface area contributed by atoms with Gasteiger partial charge in [0.2, 0.25) is 5.69 Å². The molecule has 0 saturated carbocycles.